The summed E-state index contributed by atoms with van der Waals surface area (Å²) >= 11 is 0. The number of amides is 2. The van der Waals surface area contributed by atoms with Gasteiger partial charge in [0.1, 0.15) is 0 Å². The highest BCUT2D eigenvalue weighted by atomic mass is 16.6. The van der Waals surface area contributed by atoms with E-state index in [1.165, 1.54) is 35.4 Å². The van der Waals surface area contributed by atoms with Crippen molar-refractivity contribution in [2.75, 3.05) is 13.1 Å². The van der Waals surface area contributed by atoms with E-state index in [1.807, 2.05) is 36.4 Å². The van der Waals surface area contributed by atoms with Gasteiger partial charge in [0.15, 0.2) is 0 Å². The topological polar surface area (TPSA) is 101 Å². The molecule has 0 bridgehead atoms. The lowest BCUT2D eigenvalue weighted by atomic mass is 9.88. The lowest BCUT2D eigenvalue weighted by Gasteiger charge is -2.18. The molecule has 3 aromatic rings. The van der Waals surface area contributed by atoms with Gasteiger partial charge in [-0.05, 0) is 23.6 Å². The molecule has 31 heavy (non-hydrogen) atoms. The van der Waals surface area contributed by atoms with Crippen LogP contribution in [0, 0.1) is 10.1 Å². The molecule has 0 aliphatic carbocycles. The third-order valence-electron chi connectivity index (χ3n) is 4.89. The van der Waals surface area contributed by atoms with Crippen LogP contribution in [-0.4, -0.2) is 29.8 Å². The highest BCUT2D eigenvalue weighted by Crippen LogP contribution is 2.27. The Morgan fingerprint density at radius 2 is 1.45 bits per heavy atom. The Morgan fingerprint density at radius 1 is 0.839 bits per heavy atom. The number of hydrogen-bond acceptors (Lipinski definition) is 4. The molecule has 0 aromatic heterocycles. The zero-order valence-corrected chi connectivity index (χ0v) is 16.9. The standard InChI is InChI=1S/C24H23N3O4/c28-23(17-26-24(29)20-12-7-13-21(16-20)27(30)31)25-15-14-22(18-8-3-1-4-9-18)19-10-5-2-6-11-19/h1-13,16,22H,14-15,17H2,(H,25,28)(H,26,29). The number of nitro groups is 1. The van der Waals surface area contributed by atoms with Crippen LogP contribution < -0.4 is 10.6 Å². The molecule has 0 heterocycles. The maximum atomic E-state index is 12.2. The van der Waals surface area contributed by atoms with Crippen molar-refractivity contribution < 1.29 is 14.5 Å². The van der Waals surface area contributed by atoms with E-state index >= 15 is 0 Å². The van der Waals surface area contributed by atoms with Gasteiger partial charge < -0.3 is 10.6 Å². The van der Waals surface area contributed by atoms with Crippen LogP contribution in [0.1, 0.15) is 33.8 Å². The van der Waals surface area contributed by atoms with Crippen LogP contribution in [0.25, 0.3) is 0 Å². The van der Waals surface area contributed by atoms with Crippen molar-refractivity contribution in [3.63, 3.8) is 0 Å². The van der Waals surface area contributed by atoms with Crippen molar-refractivity contribution in [2.24, 2.45) is 0 Å². The Hall–Kier alpha value is -4.00. The fraction of sp³-hybridized carbons (Fsp3) is 0.167. The van der Waals surface area contributed by atoms with Gasteiger partial charge in [-0.15, -0.1) is 0 Å². The Bertz CT molecular complexity index is 999. The molecule has 7 heteroatoms. The van der Waals surface area contributed by atoms with Gasteiger partial charge >= 0.3 is 0 Å². The monoisotopic (exact) mass is 417 g/mol. The first kappa shape index (κ1) is 21.7. The highest BCUT2D eigenvalue weighted by Gasteiger charge is 2.15. The van der Waals surface area contributed by atoms with Crippen LogP contribution >= 0.6 is 0 Å². The summed E-state index contributed by atoms with van der Waals surface area (Å²) in [7, 11) is 0. The maximum absolute atomic E-state index is 12.2. The van der Waals surface area contributed by atoms with Crippen LogP contribution in [-0.2, 0) is 4.79 Å². The van der Waals surface area contributed by atoms with Crippen LogP contribution in [0.4, 0.5) is 5.69 Å². The molecule has 0 atom stereocenters. The maximum Gasteiger partial charge on any atom is 0.270 e. The van der Waals surface area contributed by atoms with Gasteiger partial charge in [-0.2, -0.15) is 0 Å². The first-order valence-electron chi connectivity index (χ1n) is 9.94. The predicted molar refractivity (Wildman–Crippen MR) is 118 cm³/mol. The van der Waals surface area contributed by atoms with Gasteiger partial charge in [0, 0.05) is 30.2 Å². The fourth-order valence-electron chi connectivity index (χ4n) is 3.34. The summed E-state index contributed by atoms with van der Waals surface area (Å²) in [4.78, 5) is 34.6. The number of nitrogens with zero attached hydrogens (tertiary/aromatic N) is 1. The van der Waals surface area contributed by atoms with Crippen LogP contribution in [0.15, 0.2) is 84.9 Å². The van der Waals surface area contributed by atoms with E-state index in [-0.39, 0.29) is 29.6 Å². The second kappa shape index (κ2) is 10.7. The van der Waals surface area contributed by atoms with E-state index in [0.717, 1.165) is 0 Å². The third kappa shape index (κ3) is 6.24. The number of non-ortho nitro benzene ring substituents is 1. The van der Waals surface area contributed by atoms with Crippen LogP contribution in [0.3, 0.4) is 0 Å². The lowest BCUT2D eigenvalue weighted by molar-refractivity contribution is -0.384. The van der Waals surface area contributed by atoms with Gasteiger partial charge in [-0.25, -0.2) is 0 Å². The average Bonchev–Trinajstić information content (AvgIpc) is 2.81. The summed E-state index contributed by atoms with van der Waals surface area (Å²) in [5.74, 6) is -0.717. The number of nitrogens with one attached hydrogen (secondary N) is 2. The molecular formula is C24H23N3O4. The molecule has 0 unspecified atom stereocenters. The zero-order chi connectivity index (χ0) is 22.1. The summed E-state index contributed by atoms with van der Waals surface area (Å²) in [6.07, 6.45) is 0.707. The number of benzene rings is 3. The SMILES string of the molecule is O=C(CNC(=O)c1cccc([N+](=O)[O-])c1)NCCC(c1ccccc1)c1ccccc1. The molecule has 3 rings (SSSR count). The second-order valence-electron chi connectivity index (χ2n) is 7.00. The van der Waals surface area contributed by atoms with E-state index in [4.69, 9.17) is 0 Å². The van der Waals surface area contributed by atoms with Crippen molar-refractivity contribution in [3.8, 4) is 0 Å². The minimum atomic E-state index is -0.570. The Morgan fingerprint density at radius 3 is 2.03 bits per heavy atom. The van der Waals surface area contributed by atoms with Crippen molar-refractivity contribution in [3.05, 3.63) is 112 Å². The number of hydrogen-bond donors (Lipinski definition) is 2. The van der Waals surface area contributed by atoms with E-state index < -0.39 is 10.8 Å². The van der Waals surface area contributed by atoms with E-state index in [1.54, 1.807) is 0 Å². The van der Waals surface area contributed by atoms with Gasteiger partial charge in [-0.1, -0.05) is 66.7 Å². The molecule has 0 aliphatic rings. The smallest absolute Gasteiger partial charge is 0.270 e. The normalized spacial score (nSPS) is 10.5. The van der Waals surface area contributed by atoms with E-state index in [9.17, 15) is 19.7 Å². The minimum Gasteiger partial charge on any atom is -0.355 e. The summed E-state index contributed by atoms with van der Waals surface area (Å²) in [6.45, 7) is 0.239. The molecule has 2 N–H and O–H groups in total. The summed E-state index contributed by atoms with van der Waals surface area (Å²) in [6, 6.07) is 25.6. The van der Waals surface area contributed by atoms with Crippen molar-refractivity contribution in [1.29, 1.82) is 0 Å². The molecule has 0 fully saturated rings. The molecule has 158 valence electrons. The molecule has 2 amide bonds. The van der Waals surface area contributed by atoms with E-state index in [2.05, 4.69) is 34.9 Å². The lowest BCUT2D eigenvalue weighted by Crippen LogP contribution is -2.37. The van der Waals surface area contributed by atoms with Gasteiger partial charge in [0.25, 0.3) is 11.6 Å². The van der Waals surface area contributed by atoms with Crippen molar-refractivity contribution in [2.45, 2.75) is 12.3 Å². The molecule has 0 saturated heterocycles. The van der Waals surface area contributed by atoms with Crippen molar-refractivity contribution in [1.82, 2.24) is 10.6 Å². The molecule has 0 radical (unpaired) electrons. The molecular weight excluding hydrogens is 394 g/mol. The number of nitro benzene ring substituents is 1. The predicted octanol–water partition coefficient (Wildman–Crippen LogP) is 3.66. The quantitative estimate of drug-likeness (QED) is 0.410. The second-order valence-corrected chi connectivity index (χ2v) is 7.00. The first-order valence-corrected chi connectivity index (χ1v) is 9.94. The van der Waals surface area contributed by atoms with Gasteiger partial charge in [-0.3, -0.25) is 19.7 Å². The minimum absolute atomic E-state index is 0.134. The molecule has 0 saturated carbocycles. The highest BCUT2D eigenvalue weighted by molar-refractivity contribution is 5.96. The summed E-state index contributed by atoms with van der Waals surface area (Å²) in [5, 5.41) is 16.1. The largest absolute Gasteiger partial charge is 0.355 e. The number of carbonyl (C=O) groups is 2. The van der Waals surface area contributed by atoms with Crippen LogP contribution in [0.2, 0.25) is 0 Å². The Labute approximate surface area is 180 Å². The molecule has 7 nitrogen and oxygen atoms in total. The third-order valence-corrected chi connectivity index (χ3v) is 4.89. The van der Waals surface area contributed by atoms with Crippen molar-refractivity contribution >= 4 is 17.5 Å². The molecule has 3 aromatic carbocycles. The Kier molecular flexibility index (Phi) is 7.48. The van der Waals surface area contributed by atoms with Gasteiger partial charge in [0.05, 0.1) is 11.5 Å². The summed E-state index contributed by atoms with van der Waals surface area (Å²) < 4.78 is 0. The first-order chi connectivity index (χ1) is 15.0. The zero-order valence-electron chi connectivity index (χ0n) is 16.9. The number of carbonyl (C=O) groups excluding carboxylic acids is 2. The summed E-state index contributed by atoms with van der Waals surface area (Å²) in [5.41, 5.74) is 2.30. The van der Waals surface area contributed by atoms with E-state index in [0.29, 0.717) is 13.0 Å². The van der Waals surface area contributed by atoms with Gasteiger partial charge in [0.2, 0.25) is 5.91 Å². The Balaban J connectivity index is 1.52. The fourth-order valence-corrected chi connectivity index (χ4v) is 3.34. The molecule has 0 aliphatic heterocycles. The number of rotatable bonds is 9. The average molecular weight is 417 g/mol. The molecule has 0 spiro atoms. The van der Waals surface area contributed by atoms with Crippen LogP contribution in [0.5, 0.6) is 0 Å².